The third-order valence-electron chi connectivity index (χ3n) is 4.78. The first-order valence-electron chi connectivity index (χ1n) is 8.78. The summed E-state index contributed by atoms with van der Waals surface area (Å²) in [6.45, 7) is 2.15. The number of rotatable bonds is 5. The van der Waals surface area contributed by atoms with Gasteiger partial charge < -0.3 is 9.73 Å². The minimum atomic E-state index is -0.290. The lowest BCUT2D eigenvalue weighted by molar-refractivity contribution is -0.122. The maximum absolute atomic E-state index is 13.0. The van der Waals surface area contributed by atoms with Crippen LogP contribution < -0.4 is 5.32 Å². The molecule has 0 spiro atoms. The number of carbonyl (C=O) groups is 1. The van der Waals surface area contributed by atoms with Crippen molar-refractivity contribution in [3.63, 3.8) is 0 Å². The summed E-state index contributed by atoms with van der Waals surface area (Å²) >= 11 is 0. The Morgan fingerprint density at radius 1 is 1.16 bits per heavy atom. The van der Waals surface area contributed by atoms with Crippen molar-refractivity contribution in [2.24, 2.45) is 0 Å². The largest absolute Gasteiger partial charge is 0.420 e. The monoisotopic (exact) mass is 344 g/mol. The van der Waals surface area contributed by atoms with Gasteiger partial charge in [0.2, 0.25) is 17.7 Å². The molecule has 0 radical (unpaired) electrons. The fourth-order valence-corrected chi connectivity index (χ4v) is 3.15. The lowest BCUT2D eigenvalue weighted by Crippen LogP contribution is -2.41. The summed E-state index contributed by atoms with van der Waals surface area (Å²) in [5.74, 6) is 1.09. The van der Waals surface area contributed by atoms with Crippen LogP contribution in [-0.4, -0.2) is 46.7 Å². The predicted octanol–water partition coefficient (Wildman–Crippen LogP) is 2.33. The third-order valence-corrected chi connectivity index (χ3v) is 4.78. The Hall–Kier alpha value is -2.28. The predicted molar refractivity (Wildman–Crippen MR) is 89.3 cm³/mol. The molecule has 1 aliphatic carbocycles. The molecular formula is C18H21FN4O2. The topological polar surface area (TPSA) is 71.3 Å². The number of hydrogen-bond acceptors (Lipinski definition) is 5. The minimum absolute atomic E-state index is 0.123. The van der Waals surface area contributed by atoms with Crippen molar-refractivity contribution in [1.29, 1.82) is 0 Å². The van der Waals surface area contributed by atoms with Crippen LogP contribution in [0.1, 0.15) is 37.5 Å². The molecule has 4 rings (SSSR count). The van der Waals surface area contributed by atoms with Gasteiger partial charge in [0, 0.05) is 17.5 Å². The first-order chi connectivity index (χ1) is 12.2. The minimum Gasteiger partial charge on any atom is -0.420 e. The van der Waals surface area contributed by atoms with Crippen LogP contribution in [0.15, 0.2) is 28.7 Å². The number of nitrogens with one attached hydrogen (secondary N) is 1. The Kier molecular flexibility index (Phi) is 4.48. The van der Waals surface area contributed by atoms with Gasteiger partial charge >= 0.3 is 0 Å². The van der Waals surface area contributed by atoms with E-state index in [0.29, 0.717) is 29.9 Å². The van der Waals surface area contributed by atoms with Gasteiger partial charge in [0.1, 0.15) is 5.82 Å². The van der Waals surface area contributed by atoms with Crippen LogP contribution in [0, 0.1) is 5.82 Å². The van der Waals surface area contributed by atoms with Crippen molar-refractivity contribution in [1.82, 2.24) is 20.4 Å². The van der Waals surface area contributed by atoms with E-state index in [-0.39, 0.29) is 17.6 Å². The summed E-state index contributed by atoms with van der Waals surface area (Å²) in [6.07, 6.45) is 4.01. The van der Waals surface area contributed by atoms with E-state index in [0.717, 1.165) is 38.8 Å². The van der Waals surface area contributed by atoms with Crippen LogP contribution in [-0.2, 0) is 4.79 Å². The molecule has 0 atom stereocenters. The molecule has 1 aliphatic heterocycles. The Morgan fingerprint density at radius 3 is 2.56 bits per heavy atom. The number of benzene rings is 1. The molecule has 2 aliphatic rings. The van der Waals surface area contributed by atoms with E-state index in [1.165, 1.54) is 12.1 Å². The summed E-state index contributed by atoms with van der Waals surface area (Å²) in [5, 5.41) is 11.3. The molecule has 0 bridgehead atoms. The van der Waals surface area contributed by atoms with Crippen molar-refractivity contribution >= 4 is 5.91 Å². The van der Waals surface area contributed by atoms with Gasteiger partial charge in [0.15, 0.2) is 0 Å². The number of amides is 1. The molecule has 25 heavy (non-hydrogen) atoms. The molecule has 1 aromatic heterocycles. The molecule has 132 valence electrons. The standard InChI is InChI=1S/C18H21FN4O2/c19-14-3-1-12(2-4-14)17-21-22-18(25-17)13-7-9-23(10-8-13)11-16(24)20-15-5-6-15/h1-4,13,15H,5-11H2,(H,20,24). The molecule has 6 nitrogen and oxygen atoms in total. The molecular weight excluding hydrogens is 323 g/mol. The van der Waals surface area contributed by atoms with Gasteiger partial charge in [0.05, 0.1) is 6.54 Å². The highest BCUT2D eigenvalue weighted by Crippen LogP contribution is 2.29. The lowest BCUT2D eigenvalue weighted by atomic mass is 9.97. The summed E-state index contributed by atoms with van der Waals surface area (Å²) in [7, 11) is 0. The number of halogens is 1. The first kappa shape index (κ1) is 16.2. The van der Waals surface area contributed by atoms with Crippen LogP contribution in [0.25, 0.3) is 11.5 Å². The number of piperidine rings is 1. The van der Waals surface area contributed by atoms with Crippen LogP contribution in [0.3, 0.4) is 0 Å². The highest BCUT2D eigenvalue weighted by atomic mass is 19.1. The van der Waals surface area contributed by atoms with Crippen molar-refractivity contribution < 1.29 is 13.6 Å². The van der Waals surface area contributed by atoms with Crippen LogP contribution in [0.2, 0.25) is 0 Å². The Morgan fingerprint density at radius 2 is 1.88 bits per heavy atom. The fourth-order valence-electron chi connectivity index (χ4n) is 3.15. The summed E-state index contributed by atoms with van der Waals surface area (Å²) in [6, 6.07) is 6.43. The SMILES string of the molecule is O=C(CN1CCC(c2nnc(-c3ccc(F)cc3)o2)CC1)NC1CC1. The lowest BCUT2D eigenvalue weighted by Gasteiger charge is -2.29. The second-order valence-electron chi connectivity index (χ2n) is 6.84. The van der Waals surface area contributed by atoms with Gasteiger partial charge in [0.25, 0.3) is 0 Å². The molecule has 0 unspecified atom stereocenters. The van der Waals surface area contributed by atoms with Crippen molar-refractivity contribution in [2.75, 3.05) is 19.6 Å². The maximum atomic E-state index is 13.0. The average Bonchev–Trinajstić information content (AvgIpc) is 3.28. The quantitative estimate of drug-likeness (QED) is 0.901. The van der Waals surface area contributed by atoms with Gasteiger partial charge in [-0.1, -0.05) is 0 Å². The second kappa shape index (κ2) is 6.92. The van der Waals surface area contributed by atoms with Crippen LogP contribution >= 0.6 is 0 Å². The Bertz CT molecular complexity index is 734. The van der Waals surface area contributed by atoms with Gasteiger partial charge in [-0.3, -0.25) is 9.69 Å². The summed E-state index contributed by atoms with van der Waals surface area (Å²) in [5.41, 5.74) is 0.717. The molecule has 2 heterocycles. The Balaban J connectivity index is 1.31. The number of likely N-dealkylation sites (tertiary alicyclic amines) is 1. The highest BCUT2D eigenvalue weighted by molar-refractivity contribution is 5.78. The molecule has 2 fully saturated rings. The maximum Gasteiger partial charge on any atom is 0.247 e. The van der Waals surface area contributed by atoms with E-state index >= 15 is 0 Å². The van der Waals surface area contributed by atoms with E-state index in [9.17, 15) is 9.18 Å². The normalized spacial score (nSPS) is 19.1. The highest BCUT2D eigenvalue weighted by Gasteiger charge is 2.28. The van der Waals surface area contributed by atoms with Crippen LogP contribution in [0.5, 0.6) is 0 Å². The average molecular weight is 344 g/mol. The summed E-state index contributed by atoms with van der Waals surface area (Å²) < 4.78 is 18.8. The van der Waals surface area contributed by atoms with Gasteiger partial charge in [-0.15, -0.1) is 10.2 Å². The summed E-state index contributed by atoms with van der Waals surface area (Å²) in [4.78, 5) is 14.0. The number of hydrogen-bond donors (Lipinski definition) is 1. The molecule has 7 heteroatoms. The number of nitrogens with zero attached hydrogens (tertiary/aromatic N) is 3. The van der Waals surface area contributed by atoms with E-state index < -0.39 is 0 Å². The zero-order valence-electron chi connectivity index (χ0n) is 13.9. The van der Waals surface area contributed by atoms with E-state index in [4.69, 9.17) is 4.42 Å². The van der Waals surface area contributed by atoms with Crippen molar-refractivity contribution in [3.8, 4) is 11.5 Å². The first-order valence-corrected chi connectivity index (χ1v) is 8.78. The van der Waals surface area contributed by atoms with E-state index in [1.807, 2.05) is 0 Å². The second-order valence-corrected chi connectivity index (χ2v) is 6.84. The fraction of sp³-hybridized carbons (Fsp3) is 0.500. The van der Waals surface area contributed by atoms with Crippen LogP contribution in [0.4, 0.5) is 4.39 Å². The van der Waals surface area contributed by atoms with Gasteiger partial charge in [-0.25, -0.2) is 4.39 Å². The number of carbonyl (C=O) groups excluding carboxylic acids is 1. The van der Waals surface area contributed by atoms with Crippen molar-refractivity contribution in [3.05, 3.63) is 36.0 Å². The molecule has 2 aromatic rings. The molecule has 1 N–H and O–H groups in total. The zero-order chi connectivity index (χ0) is 17.2. The third kappa shape index (κ3) is 4.04. The molecule has 1 saturated carbocycles. The Labute approximate surface area is 145 Å². The van der Waals surface area contributed by atoms with Gasteiger partial charge in [-0.2, -0.15) is 0 Å². The molecule has 1 amide bonds. The van der Waals surface area contributed by atoms with Gasteiger partial charge in [-0.05, 0) is 63.0 Å². The van der Waals surface area contributed by atoms with Crippen molar-refractivity contribution in [2.45, 2.75) is 37.6 Å². The number of aromatic nitrogens is 2. The zero-order valence-corrected chi connectivity index (χ0v) is 13.9. The smallest absolute Gasteiger partial charge is 0.247 e. The molecule has 1 aromatic carbocycles. The van der Waals surface area contributed by atoms with E-state index in [1.54, 1.807) is 12.1 Å². The van der Waals surface area contributed by atoms with E-state index in [2.05, 4.69) is 20.4 Å². The molecule has 1 saturated heterocycles.